The molecule has 0 aliphatic carbocycles. The molecule has 0 aliphatic heterocycles. The number of carbonyl (C=O) groups excluding carboxylic acids is 1. The van der Waals surface area contributed by atoms with Gasteiger partial charge in [0.2, 0.25) is 0 Å². The first-order valence-corrected chi connectivity index (χ1v) is 6.99. The van der Waals surface area contributed by atoms with Crippen LogP contribution in [0.3, 0.4) is 0 Å². The lowest BCUT2D eigenvalue weighted by Crippen LogP contribution is -2.47. The fourth-order valence-electron chi connectivity index (χ4n) is 2.04. The second kappa shape index (κ2) is 7.07. The van der Waals surface area contributed by atoms with Crippen LogP contribution >= 0.6 is 0 Å². The molecule has 5 heteroatoms. The van der Waals surface area contributed by atoms with Crippen LogP contribution < -0.4 is 10.6 Å². The van der Waals surface area contributed by atoms with Crippen LogP contribution in [0, 0.1) is 0 Å². The van der Waals surface area contributed by atoms with Crippen LogP contribution in [0.1, 0.15) is 57.4 Å². The summed E-state index contributed by atoms with van der Waals surface area (Å²) < 4.78 is 0. The molecule has 1 rings (SSSR count). The van der Waals surface area contributed by atoms with E-state index in [4.69, 9.17) is 0 Å². The van der Waals surface area contributed by atoms with Gasteiger partial charge in [0.15, 0.2) is 0 Å². The van der Waals surface area contributed by atoms with Gasteiger partial charge in [-0.1, -0.05) is 20.8 Å². The van der Waals surface area contributed by atoms with Crippen LogP contribution in [0.5, 0.6) is 0 Å². The van der Waals surface area contributed by atoms with Crippen molar-refractivity contribution in [3.63, 3.8) is 0 Å². The predicted molar refractivity (Wildman–Crippen MR) is 77.3 cm³/mol. The van der Waals surface area contributed by atoms with E-state index in [0.29, 0.717) is 11.5 Å². The Hall–Kier alpha value is -1.65. The number of amides is 1. The molecular formula is C14H24N4O. The summed E-state index contributed by atoms with van der Waals surface area (Å²) in [5.41, 5.74) is 0.223. The van der Waals surface area contributed by atoms with Gasteiger partial charge in [0, 0.05) is 12.1 Å². The number of anilines is 1. The summed E-state index contributed by atoms with van der Waals surface area (Å²) in [6.07, 6.45) is 5.83. The molecule has 0 aromatic carbocycles. The smallest absolute Gasteiger partial charge is 0.271 e. The van der Waals surface area contributed by atoms with E-state index < -0.39 is 0 Å². The van der Waals surface area contributed by atoms with Crippen LogP contribution in [0.2, 0.25) is 0 Å². The molecule has 19 heavy (non-hydrogen) atoms. The second-order valence-electron chi connectivity index (χ2n) is 4.61. The molecule has 0 spiro atoms. The minimum atomic E-state index is -0.152. The van der Waals surface area contributed by atoms with E-state index in [2.05, 4.69) is 41.4 Å². The van der Waals surface area contributed by atoms with E-state index in [1.807, 2.05) is 6.92 Å². The highest BCUT2D eigenvalue weighted by molar-refractivity contribution is 5.92. The highest BCUT2D eigenvalue weighted by Crippen LogP contribution is 2.19. The number of hydrogen-bond acceptors (Lipinski definition) is 4. The maximum Gasteiger partial charge on any atom is 0.271 e. The summed E-state index contributed by atoms with van der Waals surface area (Å²) in [4.78, 5) is 20.5. The van der Waals surface area contributed by atoms with Crippen molar-refractivity contribution in [1.29, 1.82) is 0 Å². The first-order valence-electron chi connectivity index (χ1n) is 6.99. The van der Waals surface area contributed by atoms with Gasteiger partial charge in [0.05, 0.1) is 12.4 Å². The fraction of sp³-hybridized carbons (Fsp3) is 0.643. The highest BCUT2D eigenvalue weighted by atomic mass is 16.2. The molecule has 2 N–H and O–H groups in total. The summed E-state index contributed by atoms with van der Waals surface area (Å²) in [5, 5.41) is 6.14. The molecule has 1 amide bonds. The highest BCUT2D eigenvalue weighted by Gasteiger charge is 2.26. The van der Waals surface area contributed by atoms with Gasteiger partial charge in [-0.15, -0.1) is 0 Å². The van der Waals surface area contributed by atoms with Crippen molar-refractivity contribution in [3.8, 4) is 0 Å². The molecule has 0 unspecified atom stereocenters. The Morgan fingerprint density at radius 1 is 1.11 bits per heavy atom. The van der Waals surface area contributed by atoms with Gasteiger partial charge in [-0.2, -0.15) is 0 Å². The third-order valence-corrected chi connectivity index (χ3v) is 3.65. The average Bonchev–Trinajstić information content (AvgIpc) is 2.46. The number of nitrogens with zero attached hydrogens (tertiary/aromatic N) is 2. The van der Waals surface area contributed by atoms with Crippen LogP contribution in [-0.4, -0.2) is 28.0 Å². The van der Waals surface area contributed by atoms with E-state index in [1.165, 1.54) is 6.20 Å². The van der Waals surface area contributed by atoms with Crippen LogP contribution in [0.4, 0.5) is 5.82 Å². The first-order chi connectivity index (χ1) is 9.10. The van der Waals surface area contributed by atoms with Crippen molar-refractivity contribution < 1.29 is 4.79 Å². The molecule has 0 aliphatic rings. The molecule has 0 saturated heterocycles. The SMILES string of the molecule is CCNc1cnc(C(=O)NC(CC)(CC)CC)cn1. The fourth-order valence-corrected chi connectivity index (χ4v) is 2.04. The lowest BCUT2D eigenvalue weighted by Gasteiger charge is -2.31. The van der Waals surface area contributed by atoms with Crippen LogP contribution in [0.25, 0.3) is 0 Å². The van der Waals surface area contributed by atoms with Crippen molar-refractivity contribution in [2.45, 2.75) is 52.5 Å². The third-order valence-electron chi connectivity index (χ3n) is 3.65. The standard InChI is InChI=1S/C14H24N4O/c1-5-14(6-2,7-3)18-13(19)11-9-17-12(10-16-11)15-8-4/h9-10H,5-8H2,1-4H3,(H,15,17)(H,18,19). The molecule has 0 saturated carbocycles. The normalized spacial score (nSPS) is 11.2. The molecule has 1 aromatic heterocycles. The van der Waals surface area contributed by atoms with E-state index in [1.54, 1.807) is 6.20 Å². The summed E-state index contributed by atoms with van der Waals surface area (Å²) >= 11 is 0. The lowest BCUT2D eigenvalue weighted by atomic mass is 9.89. The Balaban J connectivity index is 2.77. The topological polar surface area (TPSA) is 66.9 Å². The van der Waals surface area contributed by atoms with Gasteiger partial charge >= 0.3 is 0 Å². The third kappa shape index (κ3) is 3.91. The van der Waals surface area contributed by atoms with Gasteiger partial charge in [0.25, 0.3) is 5.91 Å². The van der Waals surface area contributed by atoms with Gasteiger partial charge < -0.3 is 10.6 Å². The van der Waals surface area contributed by atoms with Crippen LogP contribution in [-0.2, 0) is 0 Å². The molecule has 1 aromatic rings. The number of rotatable bonds is 7. The van der Waals surface area contributed by atoms with E-state index in [-0.39, 0.29) is 11.4 Å². The Kier molecular flexibility index (Phi) is 5.73. The van der Waals surface area contributed by atoms with Crippen molar-refractivity contribution in [2.75, 3.05) is 11.9 Å². The predicted octanol–water partition coefficient (Wildman–Crippen LogP) is 2.61. The van der Waals surface area contributed by atoms with Crippen molar-refractivity contribution in [3.05, 3.63) is 18.1 Å². The number of hydrogen-bond donors (Lipinski definition) is 2. The van der Waals surface area contributed by atoms with Gasteiger partial charge in [-0.05, 0) is 26.2 Å². The molecule has 1 heterocycles. The first kappa shape index (κ1) is 15.4. The molecule has 0 radical (unpaired) electrons. The minimum Gasteiger partial charge on any atom is -0.369 e. The molecule has 106 valence electrons. The zero-order valence-corrected chi connectivity index (χ0v) is 12.3. The molecular weight excluding hydrogens is 240 g/mol. The lowest BCUT2D eigenvalue weighted by molar-refractivity contribution is 0.0882. The number of nitrogens with one attached hydrogen (secondary N) is 2. The Morgan fingerprint density at radius 3 is 2.16 bits per heavy atom. The van der Waals surface area contributed by atoms with E-state index in [9.17, 15) is 4.79 Å². The molecule has 0 fully saturated rings. The second-order valence-corrected chi connectivity index (χ2v) is 4.61. The van der Waals surface area contributed by atoms with E-state index >= 15 is 0 Å². The largest absolute Gasteiger partial charge is 0.369 e. The summed E-state index contributed by atoms with van der Waals surface area (Å²) in [7, 11) is 0. The summed E-state index contributed by atoms with van der Waals surface area (Å²) in [5.74, 6) is 0.535. The number of aromatic nitrogens is 2. The summed E-state index contributed by atoms with van der Waals surface area (Å²) in [6.45, 7) is 9.04. The Morgan fingerprint density at radius 2 is 1.74 bits per heavy atom. The zero-order chi connectivity index (χ0) is 14.3. The maximum atomic E-state index is 12.2. The van der Waals surface area contributed by atoms with Crippen molar-refractivity contribution >= 4 is 11.7 Å². The maximum absolute atomic E-state index is 12.2. The zero-order valence-electron chi connectivity index (χ0n) is 12.3. The molecule has 0 bridgehead atoms. The Labute approximate surface area is 115 Å². The quantitative estimate of drug-likeness (QED) is 0.794. The van der Waals surface area contributed by atoms with Gasteiger partial charge in [0.1, 0.15) is 11.5 Å². The van der Waals surface area contributed by atoms with Crippen LogP contribution in [0.15, 0.2) is 12.4 Å². The van der Waals surface area contributed by atoms with Gasteiger partial charge in [-0.25, -0.2) is 9.97 Å². The Bertz CT molecular complexity index is 390. The number of carbonyl (C=O) groups is 1. The molecule has 5 nitrogen and oxygen atoms in total. The van der Waals surface area contributed by atoms with Gasteiger partial charge in [-0.3, -0.25) is 4.79 Å². The summed E-state index contributed by atoms with van der Waals surface area (Å²) in [6, 6.07) is 0. The van der Waals surface area contributed by atoms with Crippen molar-refractivity contribution in [1.82, 2.24) is 15.3 Å². The minimum absolute atomic E-state index is 0.140. The van der Waals surface area contributed by atoms with Crippen molar-refractivity contribution in [2.24, 2.45) is 0 Å². The molecule has 0 atom stereocenters. The average molecular weight is 264 g/mol. The van der Waals surface area contributed by atoms with E-state index in [0.717, 1.165) is 25.8 Å². The monoisotopic (exact) mass is 264 g/mol.